The van der Waals surface area contributed by atoms with E-state index in [1.54, 1.807) is 0 Å². The number of pyridine rings is 1. The van der Waals surface area contributed by atoms with Crippen LogP contribution in [0.15, 0.2) is 12.1 Å². The lowest BCUT2D eigenvalue weighted by atomic mass is 10.2. The molecule has 3 nitrogen and oxygen atoms in total. The van der Waals surface area contributed by atoms with Gasteiger partial charge in [-0.2, -0.15) is 0 Å². The van der Waals surface area contributed by atoms with Gasteiger partial charge in [0.2, 0.25) is 5.88 Å². The molecule has 1 fully saturated rings. The number of hydrogen-bond acceptors (Lipinski definition) is 3. The molecule has 19 heavy (non-hydrogen) atoms. The highest BCUT2D eigenvalue weighted by Gasteiger charge is 2.20. The van der Waals surface area contributed by atoms with Gasteiger partial charge in [0.15, 0.2) is 0 Å². The Bertz CT molecular complexity index is 402. The summed E-state index contributed by atoms with van der Waals surface area (Å²) in [4.78, 5) is 4.57. The van der Waals surface area contributed by atoms with E-state index >= 15 is 0 Å². The van der Waals surface area contributed by atoms with E-state index in [1.165, 1.54) is 18.4 Å². The summed E-state index contributed by atoms with van der Waals surface area (Å²) < 4.78 is 5.92. The molecule has 0 aliphatic heterocycles. The predicted molar refractivity (Wildman–Crippen MR) is 78.5 cm³/mol. The van der Waals surface area contributed by atoms with Crippen LogP contribution in [0.3, 0.4) is 0 Å². The minimum absolute atomic E-state index is 0.244. The first-order valence-corrected chi connectivity index (χ1v) is 7.61. The van der Waals surface area contributed by atoms with Gasteiger partial charge in [-0.3, -0.25) is 0 Å². The maximum Gasteiger partial charge on any atom is 0.214 e. The van der Waals surface area contributed by atoms with E-state index in [4.69, 9.17) is 4.74 Å². The van der Waals surface area contributed by atoms with Crippen LogP contribution in [0.4, 0.5) is 0 Å². The lowest BCUT2D eigenvalue weighted by molar-refractivity contribution is 0.201. The molecule has 1 aliphatic rings. The summed E-state index contributed by atoms with van der Waals surface area (Å²) in [6.45, 7) is 7.37. The third-order valence-electron chi connectivity index (χ3n) is 3.47. The summed E-state index contributed by atoms with van der Waals surface area (Å²) >= 11 is 0. The maximum atomic E-state index is 5.92. The second-order valence-corrected chi connectivity index (χ2v) is 5.53. The molecule has 0 saturated heterocycles. The second kappa shape index (κ2) is 6.90. The van der Waals surface area contributed by atoms with Gasteiger partial charge in [-0.25, -0.2) is 4.98 Å². The molecule has 0 radical (unpaired) electrons. The predicted octanol–water partition coefficient (Wildman–Crippen LogP) is 3.46. The van der Waals surface area contributed by atoms with Crippen LogP contribution < -0.4 is 10.1 Å². The molecule has 1 unspecified atom stereocenters. The summed E-state index contributed by atoms with van der Waals surface area (Å²) in [6, 6.07) is 5.01. The molecule has 1 N–H and O–H groups in total. The summed E-state index contributed by atoms with van der Waals surface area (Å²) in [5.74, 6) is 0.785. The van der Waals surface area contributed by atoms with Crippen molar-refractivity contribution in [1.29, 1.82) is 0 Å². The molecular formula is C16H26N2O. The van der Waals surface area contributed by atoms with Crippen LogP contribution in [0, 0.1) is 0 Å². The van der Waals surface area contributed by atoms with E-state index in [-0.39, 0.29) is 6.10 Å². The third-order valence-corrected chi connectivity index (χ3v) is 3.47. The maximum absolute atomic E-state index is 5.92. The Labute approximate surface area is 116 Å². The van der Waals surface area contributed by atoms with Gasteiger partial charge in [0.25, 0.3) is 0 Å². The van der Waals surface area contributed by atoms with Crippen molar-refractivity contribution >= 4 is 0 Å². The highest BCUT2D eigenvalue weighted by molar-refractivity contribution is 5.25. The highest BCUT2D eigenvalue weighted by atomic mass is 16.5. The SMILES string of the molecule is CCCC(C)Oc1cc(CNC2CC2)cc(CC)n1. The normalized spacial score (nSPS) is 16.4. The van der Waals surface area contributed by atoms with Crippen molar-refractivity contribution in [3.63, 3.8) is 0 Å². The fraction of sp³-hybridized carbons (Fsp3) is 0.688. The van der Waals surface area contributed by atoms with Gasteiger partial charge in [-0.05, 0) is 44.2 Å². The van der Waals surface area contributed by atoms with Gasteiger partial charge in [0.05, 0.1) is 6.10 Å². The van der Waals surface area contributed by atoms with Crippen LogP contribution in [0.1, 0.15) is 57.7 Å². The zero-order valence-corrected chi connectivity index (χ0v) is 12.4. The molecular weight excluding hydrogens is 236 g/mol. The first kappa shape index (κ1) is 14.3. The lowest BCUT2D eigenvalue weighted by Gasteiger charge is -2.15. The van der Waals surface area contributed by atoms with Crippen LogP contribution in [0.25, 0.3) is 0 Å². The van der Waals surface area contributed by atoms with Gasteiger partial charge < -0.3 is 10.1 Å². The van der Waals surface area contributed by atoms with E-state index in [9.17, 15) is 0 Å². The summed E-state index contributed by atoms with van der Waals surface area (Å²) in [7, 11) is 0. The van der Waals surface area contributed by atoms with E-state index in [2.05, 4.69) is 43.2 Å². The Balaban J connectivity index is 2.01. The van der Waals surface area contributed by atoms with Crippen LogP contribution in [0.2, 0.25) is 0 Å². The molecule has 1 aromatic rings. The molecule has 1 saturated carbocycles. The average molecular weight is 262 g/mol. The molecule has 1 heterocycles. The number of aryl methyl sites for hydroxylation is 1. The smallest absolute Gasteiger partial charge is 0.214 e. The monoisotopic (exact) mass is 262 g/mol. The average Bonchev–Trinajstić information content (AvgIpc) is 3.20. The molecule has 1 atom stereocenters. The van der Waals surface area contributed by atoms with Crippen LogP contribution in [-0.2, 0) is 13.0 Å². The Morgan fingerprint density at radius 3 is 2.79 bits per heavy atom. The molecule has 0 aromatic carbocycles. The molecule has 1 aliphatic carbocycles. The zero-order valence-electron chi connectivity index (χ0n) is 12.4. The number of ether oxygens (including phenoxy) is 1. The first-order chi connectivity index (χ1) is 9.21. The number of aromatic nitrogens is 1. The molecule has 0 amide bonds. The fourth-order valence-electron chi connectivity index (χ4n) is 2.19. The van der Waals surface area contributed by atoms with Gasteiger partial charge >= 0.3 is 0 Å². The Morgan fingerprint density at radius 2 is 2.16 bits per heavy atom. The number of nitrogens with zero attached hydrogens (tertiary/aromatic N) is 1. The highest BCUT2D eigenvalue weighted by Crippen LogP contribution is 2.21. The number of nitrogens with one attached hydrogen (secondary N) is 1. The van der Waals surface area contributed by atoms with Crippen LogP contribution in [0.5, 0.6) is 5.88 Å². The second-order valence-electron chi connectivity index (χ2n) is 5.53. The summed E-state index contributed by atoms with van der Waals surface area (Å²) in [5.41, 5.74) is 2.41. The number of rotatable bonds is 8. The van der Waals surface area contributed by atoms with Crippen molar-refractivity contribution in [2.24, 2.45) is 0 Å². The topological polar surface area (TPSA) is 34.1 Å². The van der Waals surface area contributed by atoms with Gasteiger partial charge in [0, 0.05) is 24.3 Å². The van der Waals surface area contributed by atoms with E-state index in [0.717, 1.165) is 43.4 Å². The van der Waals surface area contributed by atoms with Crippen LogP contribution >= 0.6 is 0 Å². The van der Waals surface area contributed by atoms with E-state index < -0.39 is 0 Å². The van der Waals surface area contributed by atoms with Gasteiger partial charge in [-0.15, -0.1) is 0 Å². The Morgan fingerprint density at radius 1 is 1.37 bits per heavy atom. The molecule has 1 aromatic heterocycles. The summed E-state index contributed by atoms with van der Waals surface area (Å²) in [6.07, 6.45) is 6.06. The van der Waals surface area contributed by atoms with E-state index in [1.807, 2.05) is 0 Å². The van der Waals surface area contributed by atoms with Gasteiger partial charge in [-0.1, -0.05) is 20.3 Å². The van der Waals surface area contributed by atoms with Gasteiger partial charge in [0.1, 0.15) is 0 Å². The molecule has 0 bridgehead atoms. The largest absolute Gasteiger partial charge is 0.475 e. The minimum Gasteiger partial charge on any atom is -0.475 e. The molecule has 106 valence electrons. The fourth-order valence-corrected chi connectivity index (χ4v) is 2.19. The first-order valence-electron chi connectivity index (χ1n) is 7.61. The molecule has 3 heteroatoms. The van der Waals surface area contributed by atoms with Crippen molar-refractivity contribution in [3.8, 4) is 5.88 Å². The lowest BCUT2D eigenvalue weighted by Crippen LogP contribution is -2.17. The molecule has 0 spiro atoms. The third kappa shape index (κ3) is 4.83. The van der Waals surface area contributed by atoms with Crippen molar-refractivity contribution in [2.75, 3.05) is 0 Å². The zero-order chi connectivity index (χ0) is 13.7. The van der Waals surface area contributed by atoms with Crippen molar-refractivity contribution in [2.45, 2.75) is 71.6 Å². The molecule has 2 rings (SSSR count). The van der Waals surface area contributed by atoms with Crippen LogP contribution in [-0.4, -0.2) is 17.1 Å². The Hall–Kier alpha value is -1.09. The van der Waals surface area contributed by atoms with E-state index in [0.29, 0.717) is 0 Å². The number of hydrogen-bond donors (Lipinski definition) is 1. The Kier molecular flexibility index (Phi) is 5.20. The van der Waals surface area contributed by atoms with Crippen molar-refractivity contribution in [1.82, 2.24) is 10.3 Å². The summed E-state index contributed by atoms with van der Waals surface area (Å²) in [5, 5.41) is 3.55. The van der Waals surface area contributed by atoms with Crippen molar-refractivity contribution in [3.05, 3.63) is 23.4 Å². The quantitative estimate of drug-likeness (QED) is 0.779. The minimum atomic E-state index is 0.244. The standard InChI is InChI=1S/C16H26N2O/c1-4-6-12(3)19-16-10-13(9-14(5-2)18-16)11-17-15-7-8-15/h9-10,12,15,17H,4-8,11H2,1-3H3. The van der Waals surface area contributed by atoms with Crippen molar-refractivity contribution < 1.29 is 4.74 Å².